The van der Waals surface area contributed by atoms with E-state index in [1.54, 1.807) is 12.3 Å². The van der Waals surface area contributed by atoms with Gasteiger partial charge < -0.3 is 10.5 Å². The monoisotopic (exact) mass is 360 g/mol. The normalized spacial score (nSPS) is 18.4. The molecule has 6 nitrogen and oxygen atoms in total. The van der Waals surface area contributed by atoms with Crippen molar-refractivity contribution in [3.05, 3.63) is 15.8 Å². The smallest absolute Gasteiger partial charge is 0.349 e. The third kappa shape index (κ3) is 4.32. The molecule has 1 aromatic rings. The average Bonchev–Trinajstić information content (AvgIpc) is 2.77. The van der Waals surface area contributed by atoms with Crippen LogP contribution in [0.25, 0.3) is 0 Å². The van der Waals surface area contributed by atoms with Gasteiger partial charge in [0.15, 0.2) is 0 Å². The standard InChI is InChI=1S/C15H24N2O4S2/c1-11-9-22-12(14(18)21-2)13(11)23(19,20)17-10-15(16)7-5-3-4-6-8-15/h9,17H,3-8,10,16H2,1-2H3. The first-order valence-electron chi connectivity index (χ1n) is 7.74. The number of carbonyl (C=O) groups excluding carboxylic acids is 1. The van der Waals surface area contributed by atoms with Gasteiger partial charge in [-0.05, 0) is 30.7 Å². The third-order valence-electron chi connectivity index (χ3n) is 4.27. The van der Waals surface area contributed by atoms with Crippen LogP contribution in [0.3, 0.4) is 0 Å². The highest BCUT2D eigenvalue weighted by Gasteiger charge is 2.31. The summed E-state index contributed by atoms with van der Waals surface area (Å²) in [6.07, 6.45) is 5.93. The van der Waals surface area contributed by atoms with E-state index in [-0.39, 0.29) is 16.3 Å². The number of nitrogens with two attached hydrogens (primary N) is 1. The molecule has 0 aromatic carbocycles. The first kappa shape index (κ1) is 18.4. The molecule has 130 valence electrons. The fourth-order valence-corrected chi connectivity index (χ4v) is 5.76. The van der Waals surface area contributed by atoms with Crippen molar-refractivity contribution in [1.29, 1.82) is 0 Å². The lowest BCUT2D eigenvalue weighted by Gasteiger charge is -2.28. The van der Waals surface area contributed by atoms with Gasteiger partial charge in [0.25, 0.3) is 0 Å². The number of hydrogen-bond acceptors (Lipinski definition) is 6. The van der Waals surface area contributed by atoms with Crippen LogP contribution in [-0.2, 0) is 14.8 Å². The summed E-state index contributed by atoms with van der Waals surface area (Å²) < 4.78 is 32.6. The lowest BCUT2D eigenvalue weighted by Crippen LogP contribution is -2.49. The maximum Gasteiger partial charge on any atom is 0.349 e. The molecule has 1 aliphatic carbocycles. The van der Waals surface area contributed by atoms with Crippen molar-refractivity contribution >= 4 is 27.3 Å². The van der Waals surface area contributed by atoms with Gasteiger partial charge >= 0.3 is 5.97 Å². The van der Waals surface area contributed by atoms with Crippen LogP contribution < -0.4 is 10.5 Å². The van der Waals surface area contributed by atoms with Crippen molar-refractivity contribution in [1.82, 2.24) is 4.72 Å². The summed E-state index contributed by atoms with van der Waals surface area (Å²) in [7, 11) is -2.57. The summed E-state index contributed by atoms with van der Waals surface area (Å²) in [5.41, 5.74) is 6.39. The van der Waals surface area contributed by atoms with Crippen LogP contribution in [0.1, 0.15) is 53.8 Å². The summed E-state index contributed by atoms with van der Waals surface area (Å²) in [5, 5.41) is 1.64. The zero-order valence-corrected chi connectivity index (χ0v) is 15.2. The summed E-state index contributed by atoms with van der Waals surface area (Å²) in [6, 6.07) is 0. The molecule has 0 aliphatic heterocycles. The third-order valence-corrected chi connectivity index (χ3v) is 7.07. The minimum absolute atomic E-state index is 0.00609. The molecule has 1 saturated carbocycles. The van der Waals surface area contributed by atoms with Gasteiger partial charge in [-0.15, -0.1) is 11.3 Å². The molecule has 0 unspecified atom stereocenters. The van der Waals surface area contributed by atoms with Crippen molar-refractivity contribution in [2.75, 3.05) is 13.7 Å². The number of thiophene rings is 1. The molecule has 0 amide bonds. The maximum absolute atomic E-state index is 12.7. The number of ether oxygens (including phenoxy) is 1. The van der Waals surface area contributed by atoms with Crippen LogP contribution in [0.2, 0.25) is 0 Å². The summed E-state index contributed by atoms with van der Waals surface area (Å²) in [4.78, 5) is 11.9. The van der Waals surface area contributed by atoms with E-state index in [2.05, 4.69) is 9.46 Å². The topological polar surface area (TPSA) is 98.5 Å². The molecule has 0 spiro atoms. The van der Waals surface area contributed by atoms with E-state index < -0.39 is 21.5 Å². The largest absolute Gasteiger partial charge is 0.465 e. The number of hydrogen-bond donors (Lipinski definition) is 2. The molecule has 1 aromatic heterocycles. The van der Waals surface area contributed by atoms with Crippen molar-refractivity contribution in [3.8, 4) is 0 Å². The Morgan fingerprint density at radius 1 is 1.35 bits per heavy atom. The van der Waals surface area contributed by atoms with E-state index in [0.717, 1.165) is 49.9 Å². The number of rotatable bonds is 5. The van der Waals surface area contributed by atoms with E-state index in [1.807, 2.05) is 0 Å². The van der Waals surface area contributed by atoms with E-state index in [1.165, 1.54) is 7.11 Å². The number of esters is 1. The Labute approximate surface area is 141 Å². The predicted octanol–water partition coefficient (Wildman–Crippen LogP) is 2.17. The van der Waals surface area contributed by atoms with E-state index >= 15 is 0 Å². The predicted molar refractivity (Wildman–Crippen MR) is 90.2 cm³/mol. The number of carbonyl (C=O) groups is 1. The molecule has 2 rings (SSSR count). The number of nitrogens with one attached hydrogen (secondary N) is 1. The highest BCUT2D eigenvalue weighted by Crippen LogP contribution is 2.29. The Hall–Kier alpha value is -0.960. The molecule has 0 radical (unpaired) electrons. The highest BCUT2D eigenvalue weighted by atomic mass is 32.2. The van der Waals surface area contributed by atoms with Gasteiger partial charge in [-0.25, -0.2) is 17.9 Å². The Bertz CT molecular complexity index is 659. The second-order valence-corrected chi connectivity index (χ2v) is 8.75. The average molecular weight is 361 g/mol. The molecule has 0 atom stereocenters. The summed E-state index contributed by atoms with van der Waals surface area (Å²) in [6.45, 7) is 1.85. The Kier molecular flexibility index (Phi) is 5.83. The molecule has 23 heavy (non-hydrogen) atoms. The first-order valence-corrected chi connectivity index (χ1v) is 10.1. The number of aryl methyl sites for hydroxylation is 1. The lowest BCUT2D eigenvalue weighted by molar-refractivity contribution is 0.0602. The SMILES string of the molecule is COC(=O)c1scc(C)c1S(=O)(=O)NCC1(N)CCCCCC1. The zero-order chi connectivity index (χ0) is 17.1. The maximum atomic E-state index is 12.7. The Morgan fingerprint density at radius 3 is 2.52 bits per heavy atom. The molecule has 1 fully saturated rings. The van der Waals surface area contributed by atoms with Crippen LogP contribution in [-0.4, -0.2) is 33.6 Å². The van der Waals surface area contributed by atoms with Crippen LogP contribution in [0.15, 0.2) is 10.3 Å². The van der Waals surface area contributed by atoms with Crippen molar-refractivity contribution in [3.63, 3.8) is 0 Å². The van der Waals surface area contributed by atoms with Crippen LogP contribution in [0, 0.1) is 6.92 Å². The number of sulfonamides is 1. The quantitative estimate of drug-likeness (QED) is 0.619. The van der Waals surface area contributed by atoms with Crippen LogP contribution in [0.5, 0.6) is 0 Å². The fraction of sp³-hybridized carbons (Fsp3) is 0.667. The highest BCUT2D eigenvalue weighted by molar-refractivity contribution is 7.89. The molecule has 8 heteroatoms. The van der Waals surface area contributed by atoms with Gasteiger partial charge in [-0.3, -0.25) is 0 Å². The zero-order valence-electron chi connectivity index (χ0n) is 13.6. The summed E-state index contributed by atoms with van der Waals surface area (Å²) >= 11 is 1.07. The minimum atomic E-state index is -3.80. The number of methoxy groups -OCH3 is 1. The van der Waals surface area contributed by atoms with Gasteiger partial charge in [-0.2, -0.15) is 0 Å². The van der Waals surface area contributed by atoms with Crippen LogP contribution >= 0.6 is 11.3 Å². The second kappa shape index (κ2) is 7.29. The Balaban J connectivity index is 2.19. The molecule has 3 N–H and O–H groups in total. The van der Waals surface area contributed by atoms with Crippen LogP contribution in [0.4, 0.5) is 0 Å². The van der Waals surface area contributed by atoms with E-state index in [9.17, 15) is 13.2 Å². The molecular weight excluding hydrogens is 336 g/mol. The molecular formula is C15H24N2O4S2. The lowest BCUT2D eigenvalue weighted by atomic mass is 9.92. The Morgan fingerprint density at radius 2 is 1.96 bits per heavy atom. The van der Waals surface area contributed by atoms with Gasteiger partial charge in [-0.1, -0.05) is 25.7 Å². The van der Waals surface area contributed by atoms with Crippen molar-refractivity contribution in [2.24, 2.45) is 5.73 Å². The van der Waals surface area contributed by atoms with Crippen molar-refractivity contribution < 1.29 is 17.9 Å². The second-order valence-electron chi connectivity index (χ2n) is 6.17. The van der Waals surface area contributed by atoms with Gasteiger partial charge in [0.1, 0.15) is 9.77 Å². The minimum Gasteiger partial charge on any atom is -0.465 e. The molecule has 0 saturated heterocycles. The molecule has 1 aliphatic rings. The van der Waals surface area contributed by atoms with Gasteiger partial charge in [0, 0.05) is 12.1 Å². The van der Waals surface area contributed by atoms with E-state index in [4.69, 9.17) is 5.73 Å². The van der Waals surface area contributed by atoms with Gasteiger partial charge in [0.05, 0.1) is 7.11 Å². The fourth-order valence-electron chi connectivity index (χ4n) is 2.92. The van der Waals surface area contributed by atoms with Gasteiger partial charge in [0.2, 0.25) is 10.0 Å². The molecule has 0 bridgehead atoms. The van der Waals surface area contributed by atoms with Crippen molar-refractivity contribution in [2.45, 2.75) is 55.9 Å². The molecule has 1 heterocycles. The first-order chi connectivity index (χ1) is 10.8. The van der Waals surface area contributed by atoms with E-state index in [0.29, 0.717) is 5.56 Å². The summed E-state index contributed by atoms with van der Waals surface area (Å²) in [5.74, 6) is -0.639.